The molecule has 2 N–H and O–H groups in total. The molecule has 0 aliphatic heterocycles. The van der Waals surface area contributed by atoms with Gasteiger partial charge in [0, 0.05) is 6.20 Å². The Balaban J connectivity index is 2.44. The Bertz CT molecular complexity index is 469. The van der Waals surface area contributed by atoms with Gasteiger partial charge < -0.3 is 10.5 Å². The summed E-state index contributed by atoms with van der Waals surface area (Å²) in [6.45, 7) is 0. The van der Waals surface area contributed by atoms with E-state index in [4.69, 9.17) is 10.5 Å². The van der Waals surface area contributed by atoms with Crippen LogP contribution in [0.25, 0.3) is 11.1 Å². The Labute approximate surface area is 88.5 Å². The summed E-state index contributed by atoms with van der Waals surface area (Å²) in [6.07, 6.45) is 1.70. The minimum atomic E-state index is 0.523. The molecule has 0 radical (unpaired) electrons. The van der Waals surface area contributed by atoms with Crippen molar-refractivity contribution in [2.75, 3.05) is 12.8 Å². The third-order valence-electron chi connectivity index (χ3n) is 2.18. The molecule has 2 aromatic rings. The smallest absolute Gasteiger partial charge is 0.123 e. The third kappa shape index (κ3) is 2.07. The van der Waals surface area contributed by atoms with Crippen LogP contribution in [0, 0.1) is 0 Å². The number of nitrogen functional groups attached to an aromatic ring is 1. The van der Waals surface area contributed by atoms with Gasteiger partial charge in [0.05, 0.1) is 7.11 Å². The summed E-state index contributed by atoms with van der Waals surface area (Å²) < 4.78 is 5.16. The van der Waals surface area contributed by atoms with Crippen LogP contribution in [0.15, 0.2) is 42.6 Å². The molecule has 1 heterocycles. The van der Waals surface area contributed by atoms with E-state index in [2.05, 4.69) is 4.98 Å². The Morgan fingerprint density at radius 1 is 1.13 bits per heavy atom. The van der Waals surface area contributed by atoms with Gasteiger partial charge in [-0.25, -0.2) is 4.98 Å². The maximum absolute atomic E-state index is 5.62. The number of hydrogen-bond donors (Lipinski definition) is 1. The zero-order valence-electron chi connectivity index (χ0n) is 8.47. The fourth-order valence-corrected chi connectivity index (χ4v) is 1.43. The predicted molar refractivity (Wildman–Crippen MR) is 60.6 cm³/mol. The minimum Gasteiger partial charge on any atom is -0.497 e. The highest BCUT2D eigenvalue weighted by Crippen LogP contribution is 2.24. The van der Waals surface area contributed by atoms with Crippen molar-refractivity contribution in [2.24, 2.45) is 0 Å². The van der Waals surface area contributed by atoms with Crippen molar-refractivity contribution >= 4 is 5.82 Å². The second-order valence-corrected chi connectivity index (χ2v) is 3.20. The van der Waals surface area contributed by atoms with Crippen molar-refractivity contribution in [3.63, 3.8) is 0 Å². The predicted octanol–water partition coefficient (Wildman–Crippen LogP) is 2.34. The number of hydrogen-bond acceptors (Lipinski definition) is 3. The molecule has 0 spiro atoms. The molecule has 3 nitrogen and oxygen atoms in total. The number of pyridine rings is 1. The Morgan fingerprint density at radius 2 is 1.93 bits per heavy atom. The average Bonchev–Trinajstić information content (AvgIpc) is 2.29. The zero-order chi connectivity index (χ0) is 10.7. The highest BCUT2D eigenvalue weighted by atomic mass is 16.5. The number of rotatable bonds is 2. The Hall–Kier alpha value is -2.03. The van der Waals surface area contributed by atoms with E-state index in [1.54, 1.807) is 13.3 Å². The molecule has 1 aromatic heterocycles. The van der Waals surface area contributed by atoms with Crippen LogP contribution in [0.2, 0.25) is 0 Å². The van der Waals surface area contributed by atoms with Gasteiger partial charge in [-0.15, -0.1) is 0 Å². The molecule has 1 aromatic carbocycles. The summed E-state index contributed by atoms with van der Waals surface area (Å²) in [5, 5.41) is 0. The third-order valence-corrected chi connectivity index (χ3v) is 2.18. The summed E-state index contributed by atoms with van der Waals surface area (Å²) in [7, 11) is 1.65. The van der Waals surface area contributed by atoms with E-state index in [-0.39, 0.29) is 0 Å². The zero-order valence-corrected chi connectivity index (χ0v) is 8.47. The molecule has 0 saturated carbocycles. The number of methoxy groups -OCH3 is 1. The van der Waals surface area contributed by atoms with Gasteiger partial charge in [-0.05, 0) is 35.4 Å². The first-order valence-electron chi connectivity index (χ1n) is 4.65. The van der Waals surface area contributed by atoms with Crippen LogP contribution in [0.1, 0.15) is 0 Å². The van der Waals surface area contributed by atoms with Crippen molar-refractivity contribution < 1.29 is 4.74 Å². The number of nitrogens with two attached hydrogens (primary N) is 1. The van der Waals surface area contributed by atoms with E-state index in [0.717, 1.165) is 16.9 Å². The van der Waals surface area contributed by atoms with E-state index in [9.17, 15) is 0 Å². The molecule has 76 valence electrons. The Kier molecular flexibility index (Phi) is 2.54. The minimum absolute atomic E-state index is 0.523. The lowest BCUT2D eigenvalue weighted by atomic mass is 10.1. The molecule has 15 heavy (non-hydrogen) atoms. The van der Waals surface area contributed by atoms with Crippen molar-refractivity contribution in [3.05, 3.63) is 42.6 Å². The first-order valence-corrected chi connectivity index (χ1v) is 4.65. The topological polar surface area (TPSA) is 48.1 Å². The van der Waals surface area contributed by atoms with Crippen LogP contribution < -0.4 is 10.5 Å². The lowest BCUT2D eigenvalue weighted by Crippen LogP contribution is -1.89. The van der Waals surface area contributed by atoms with Gasteiger partial charge in [0.25, 0.3) is 0 Å². The summed E-state index contributed by atoms with van der Waals surface area (Å²) in [5.74, 6) is 1.36. The van der Waals surface area contributed by atoms with Crippen molar-refractivity contribution in [2.45, 2.75) is 0 Å². The summed E-state index contributed by atoms with van der Waals surface area (Å²) in [6, 6.07) is 11.6. The molecule has 0 bridgehead atoms. The molecular weight excluding hydrogens is 188 g/mol. The maximum Gasteiger partial charge on any atom is 0.123 e. The summed E-state index contributed by atoms with van der Waals surface area (Å²) in [5.41, 5.74) is 7.74. The monoisotopic (exact) mass is 200 g/mol. The quantitative estimate of drug-likeness (QED) is 0.809. The summed E-state index contributed by atoms with van der Waals surface area (Å²) >= 11 is 0. The summed E-state index contributed by atoms with van der Waals surface area (Å²) in [4.78, 5) is 3.95. The van der Waals surface area contributed by atoms with Crippen molar-refractivity contribution in [1.82, 2.24) is 4.98 Å². The number of nitrogens with zero attached hydrogens (tertiary/aromatic N) is 1. The van der Waals surface area contributed by atoms with Crippen LogP contribution in [0.3, 0.4) is 0 Å². The standard InChI is InChI=1S/C12H12N2O/c1-15-11-4-2-3-9(7-11)10-5-6-14-12(13)8-10/h2-8H,1H3,(H2,13,14). The van der Waals surface area contributed by atoms with Gasteiger partial charge in [-0.1, -0.05) is 12.1 Å². The van der Waals surface area contributed by atoms with Crippen LogP contribution in [-0.4, -0.2) is 12.1 Å². The fourth-order valence-electron chi connectivity index (χ4n) is 1.43. The molecule has 0 amide bonds. The van der Waals surface area contributed by atoms with Gasteiger partial charge in [-0.3, -0.25) is 0 Å². The molecule has 0 aliphatic carbocycles. The largest absolute Gasteiger partial charge is 0.497 e. The average molecular weight is 200 g/mol. The number of anilines is 1. The SMILES string of the molecule is COc1cccc(-c2ccnc(N)c2)c1. The van der Waals surface area contributed by atoms with Gasteiger partial charge in [-0.2, -0.15) is 0 Å². The Morgan fingerprint density at radius 3 is 2.67 bits per heavy atom. The van der Waals surface area contributed by atoms with Gasteiger partial charge in [0.15, 0.2) is 0 Å². The molecule has 0 atom stereocenters. The first kappa shape index (κ1) is 9.52. The highest BCUT2D eigenvalue weighted by Gasteiger charge is 1.99. The van der Waals surface area contributed by atoms with E-state index in [0.29, 0.717) is 5.82 Å². The van der Waals surface area contributed by atoms with E-state index in [1.807, 2.05) is 36.4 Å². The molecule has 0 aliphatic rings. The number of aromatic nitrogens is 1. The molecule has 0 saturated heterocycles. The lowest BCUT2D eigenvalue weighted by Gasteiger charge is -2.04. The van der Waals surface area contributed by atoms with Gasteiger partial charge in [0.2, 0.25) is 0 Å². The number of benzene rings is 1. The number of ether oxygens (including phenoxy) is 1. The molecule has 0 fully saturated rings. The van der Waals surface area contributed by atoms with E-state index in [1.165, 1.54) is 0 Å². The van der Waals surface area contributed by atoms with Crippen LogP contribution >= 0.6 is 0 Å². The fraction of sp³-hybridized carbons (Fsp3) is 0.0833. The maximum atomic E-state index is 5.62. The molecule has 3 heteroatoms. The van der Waals surface area contributed by atoms with Crippen LogP contribution in [-0.2, 0) is 0 Å². The van der Waals surface area contributed by atoms with Crippen LogP contribution in [0.4, 0.5) is 5.82 Å². The van der Waals surface area contributed by atoms with Crippen molar-refractivity contribution in [1.29, 1.82) is 0 Å². The van der Waals surface area contributed by atoms with Gasteiger partial charge in [0.1, 0.15) is 11.6 Å². The van der Waals surface area contributed by atoms with E-state index >= 15 is 0 Å². The van der Waals surface area contributed by atoms with Crippen LogP contribution in [0.5, 0.6) is 5.75 Å². The second kappa shape index (κ2) is 4.00. The highest BCUT2D eigenvalue weighted by molar-refractivity contribution is 5.66. The molecule has 0 unspecified atom stereocenters. The normalized spacial score (nSPS) is 9.93. The molecular formula is C12H12N2O. The van der Waals surface area contributed by atoms with E-state index < -0.39 is 0 Å². The molecule has 2 rings (SSSR count). The lowest BCUT2D eigenvalue weighted by molar-refractivity contribution is 0.415. The first-order chi connectivity index (χ1) is 7.29. The second-order valence-electron chi connectivity index (χ2n) is 3.20. The van der Waals surface area contributed by atoms with Gasteiger partial charge >= 0.3 is 0 Å². The van der Waals surface area contributed by atoms with Crippen molar-refractivity contribution in [3.8, 4) is 16.9 Å².